The van der Waals surface area contributed by atoms with Crippen LogP contribution < -0.4 is 5.73 Å². The molecule has 0 spiro atoms. The van der Waals surface area contributed by atoms with Gasteiger partial charge >= 0.3 is 11.9 Å². The summed E-state index contributed by atoms with van der Waals surface area (Å²) >= 11 is 0. The molecule has 224 valence electrons. The number of ether oxygens (including phenoxy) is 1. The van der Waals surface area contributed by atoms with Crippen molar-refractivity contribution >= 4 is 11.9 Å². The number of rotatable bonds is 10. The highest BCUT2D eigenvalue weighted by molar-refractivity contribution is 5.72. The molecule has 0 aromatic rings. The number of esters is 1. The van der Waals surface area contributed by atoms with E-state index in [2.05, 4.69) is 46.4 Å². The summed E-state index contributed by atoms with van der Waals surface area (Å²) in [5, 5.41) is 20.6. The van der Waals surface area contributed by atoms with Crippen LogP contribution in [0.3, 0.4) is 0 Å². The fourth-order valence-electron chi connectivity index (χ4n) is 9.84. The van der Waals surface area contributed by atoms with E-state index in [1.54, 1.807) is 0 Å². The molecule has 0 radical (unpaired) electrons. The van der Waals surface area contributed by atoms with E-state index >= 15 is 0 Å². The number of carboxylic acid groups (broad SMARTS) is 1. The SMILES string of the molecule is CC(C)CN(CC(C)C)CC(O)CC(=O)O[C@H]1CC[C@@]2(C)[C@H](CC[C@@H]3[C@@H]2CC[C@]2(C)[C@@H](C(=O)O)CC[C@]32N)C1. The van der Waals surface area contributed by atoms with Crippen LogP contribution in [0.25, 0.3) is 0 Å². The lowest BCUT2D eigenvalue weighted by atomic mass is 9.42. The van der Waals surface area contributed by atoms with Crippen molar-refractivity contribution in [3.8, 4) is 0 Å². The van der Waals surface area contributed by atoms with E-state index in [1.807, 2.05) is 0 Å². The average molecular weight is 549 g/mol. The highest BCUT2D eigenvalue weighted by Crippen LogP contribution is 2.68. The van der Waals surface area contributed by atoms with Gasteiger partial charge in [-0.3, -0.25) is 9.59 Å². The maximum atomic E-state index is 12.8. The molecular formula is C32H56N2O5. The standard InChI is InChI=1S/C32H56N2O5/c1-20(2)17-34(18-21(3)4)19-23(35)16-28(36)39-24-9-12-30(5)22(15-24)7-8-26-25(30)10-13-31(6)27(29(37)38)11-14-32(26,31)33/h20-27,35H,7-19,33H2,1-6H3,(H,37,38)/t22-,23?,24+,25+,26-,27-,30+,31-,32+/m1/s1. The van der Waals surface area contributed by atoms with Gasteiger partial charge in [-0.2, -0.15) is 0 Å². The summed E-state index contributed by atoms with van der Waals surface area (Å²) < 4.78 is 5.97. The Kier molecular flexibility index (Phi) is 9.15. The summed E-state index contributed by atoms with van der Waals surface area (Å²) in [4.78, 5) is 27.2. The van der Waals surface area contributed by atoms with Gasteiger partial charge in [0.25, 0.3) is 0 Å². The van der Waals surface area contributed by atoms with E-state index in [1.165, 1.54) is 0 Å². The van der Waals surface area contributed by atoms with Crippen molar-refractivity contribution in [3.63, 3.8) is 0 Å². The molecule has 0 bridgehead atoms. The second kappa shape index (κ2) is 11.6. The van der Waals surface area contributed by atoms with Gasteiger partial charge in [-0.05, 0) is 98.2 Å². The highest BCUT2D eigenvalue weighted by Gasteiger charge is 2.67. The fraction of sp³-hybridized carbons (Fsp3) is 0.938. The summed E-state index contributed by atoms with van der Waals surface area (Å²) in [6.45, 7) is 15.6. The van der Waals surface area contributed by atoms with Crippen molar-refractivity contribution in [1.82, 2.24) is 4.90 Å². The van der Waals surface area contributed by atoms with Crippen LogP contribution in [-0.2, 0) is 14.3 Å². The number of carboxylic acids is 1. The van der Waals surface area contributed by atoms with Crippen LogP contribution in [0.4, 0.5) is 0 Å². The van der Waals surface area contributed by atoms with Crippen molar-refractivity contribution in [2.45, 2.75) is 123 Å². The second-order valence-corrected chi connectivity index (χ2v) is 15.2. The van der Waals surface area contributed by atoms with Gasteiger partial charge in [-0.1, -0.05) is 41.5 Å². The number of nitrogens with zero attached hydrogens (tertiary/aromatic N) is 1. The molecule has 0 aromatic carbocycles. The third kappa shape index (κ3) is 5.92. The molecule has 0 heterocycles. The van der Waals surface area contributed by atoms with Gasteiger partial charge < -0.3 is 25.6 Å². The van der Waals surface area contributed by atoms with Gasteiger partial charge in [0.2, 0.25) is 0 Å². The van der Waals surface area contributed by atoms with Gasteiger partial charge in [0.05, 0.1) is 18.4 Å². The normalized spacial score (nSPS) is 40.7. The van der Waals surface area contributed by atoms with Gasteiger partial charge in [0.1, 0.15) is 6.10 Å². The third-order valence-corrected chi connectivity index (χ3v) is 11.7. The first kappa shape index (κ1) is 30.8. The summed E-state index contributed by atoms with van der Waals surface area (Å²) in [5.41, 5.74) is 6.67. The lowest BCUT2D eigenvalue weighted by molar-refractivity contribution is -0.169. The topological polar surface area (TPSA) is 113 Å². The number of aliphatic carboxylic acids is 1. The first-order chi connectivity index (χ1) is 18.2. The molecule has 4 rings (SSSR count). The Bertz CT molecular complexity index is 884. The zero-order chi connectivity index (χ0) is 28.8. The van der Waals surface area contributed by atoms with Gasteiger partial charge in [-0.15, -0.1) is 0 Å². The molecule has 4 aliphatic rings. The first-order valence-electron chi connectivity index (χ1n) is 15.8. The lowest BCUT2D eigenvalue weighted by Crippen LogP contribution is -2.66. The van der Waals surface area contributed by atoms with Crippen molar-refractivity contribution in [2.24, 2.45) is 52.1 Å². The van der Waals surface area contributed by atoms with E-state index in [4.69, 9.17) is 10.5 Å². The second-order valence-electron chi connectivity index (χ2n) is 15.2. The van der Waals surface area contributed by atoms with Crippen LogP contribution in [0, 0.1) is 46.3 Å². The summed E-state index contributed by atoms with van der Waals surface area (Å²) in [5.74, 6) is 1.10. The van der Waals surface area contributed by atoms with E-state index in [0.29, 0.717) is 42.6 Å². The Hall–Kier alpha value is -1.18. The zero-order valence-corrected chi connectivity index (χ0v) is 25.5. The molecule has 7 heteroatoms. The molecule has 4 aliphatic carbocycles. The Morgan fingerprint density at radius 1 is 0.923 bits per heavy atom. The lowest BCUT2D eigenvalue weighted by Gasteiger charge is -2.64. The maximum Gasteiger partial charge on any atom is 0.308 e. The van der Waals surface area contributed by atoms with Crippen LogP contribution in [0.1, 0.15) is 106 Å². The molecule has 39 heavy (non-hydrogen) atoms. The maximum absolute atomic E-state index is 12.8. The van der Waals surface area contributed by atoms with Crippen molar-refractivity contribution < 1.29 is 24.5 Å². The smallest absolute Gasteiger partial charge is 0.308 e. The van der Waals surface area contributed by atoms with Crippen molar-refractivity contribution in [1.29, 1.82) is 0 Å². The van der Waals surface area contributed by atoms with Crippen molar-refractivity contribution in [3.05, 3.63) is 0 Å². The molecule has 4 N–H and O–H groups in total. The number of nitrogens with two attached hydrogens (primary N) is 1. The van der Waals surface area contributed by atoms with Crippen LogP contribution in [0.15, 0.2) is 0 Å². The zero-order valence-electron chi connectivity index (χ0n) is 25.5. The molecule has 0 amide bonds. The molecule has 9 atom stereocenters. The fourth-order valence-corrected chi connectivity index (χ4v) is 9.84. The Balaban J connectivity index is 1.33. The Morgan fingerprint density at radius 3 is 2.21 bits per heavy atom. The summed E-state index contributed by atoms with van der Waals surface area (Å²) in [6, 6.07) is 0. The predicted molar refractivity (Wildman–Crippen MR) is 153 cm³/mol. The van der Waals surface area contributed by atoms with E-state index < -0.39 is 17.6 Å². The minimum absolute atomic E-state index is 0.0504. The number of carbonyl (C=O) groups excluding carboxylic acids is 1. The first-order valence-corrected chi connectivity index (χ1v) is 15.8. The van der Waals surface area contributed by atoms with E-state index in [0.717, 1.165) is 64.5 Å². The number of carbonyl (C=O) groups is 2. The summed E-state index contributed by atoms with van der Waals surface area (Å²) in [7, 11) is 0. The minimum atomic E-state index is -0.711. The highest BCUT2D eigenvalue weighted by atomic mass is 16.5. The Labute approximate surface area is 236 Å². The van der Waals surface area contributed by atoms with Gasteiger partial charge in [0.15, 0.2) is 0 Å². The van der Waals surface area contributed by atoms with Gasteiger partial charge in [0, 0.05) is 25.2 Å². The van der Waals surface area contributed by atoms with Gasteiger partial charge in [-0.25, -0.2) is 0 Å². The molecule has 0 aromatic heterocycles. The molecular weight excluding hydrogens is 492 g/mol. The molecule has 7 nitrogen and oxygen atoms in total. The molecule has 0 saturated heterocycles. The average Bonchev–Trinajstić information content (AvgIpc) is 3.09. The predicted octanol–water partition coefficient (Wildman–Crippen LogP) is 5.09. The molecule has 4 fully saturated rings. The minimum Gasteiger partial charge on any atom is -0.481 e. The number of aliphatic hydroxyl groups excluding tert-OH is 1. The molecule has 4 saturated carbocycles. The number of hydrogen-bond acceptors (Lipinski definition) is 6. The molecule has 0 aliphatic heterocycles. The van der Waals surface area contributed by atoms with E-state index in [-0.39, 0.29) is 35.2 Å². The van der Waals surface area contributed by atoms with Crippen LogP contribution in [0.2, 0.25) is 0 Å². The largest absolute Gasteiger partial charge is 0.481 e. The van der Waals surface area contributed by atoms with E-state index in [9.17, 15) is 19.8 Å². The quantitative estimate of drug-likeness (QED) is 0.326. The monoisotopic (exact) mass is 548 g/mol. The Morgan fingerprint density at radius 2 is 1.59 bits per heavy atom. The number of fused-ring (bicyclic) bond motifs is 5. The number of aliphatic hydroxyl groups is 1. The molecule has 1 unspecified atom stereocenters. The van der Waals surface area contributed by atoms with Crippen LogP contribution in [0.5, 0.6) is 0 Å². The van der Waals surface area contributed by atoms with Crippen molar-refractivity contribution in [2.75, 3.05) is 19.6 Å². The van der Waals surface area contributed by atoms with Crippen LogP contribution in [-0.4, -0.2) is 64.4 Å². The third-order valence-electron chi connectivity index (χ3n) is 11.7. The summed E-state index contributed by atoms with van der Waals surface area (Å²) in [6.07, 6.45) is 7.60. The number of hydrogen-bond donors (Lipinski definition) is 3. The van der Waals surface area contributed by atoms with Crippen LogP contribution >= 0.6 is 0 Å².